The Balaban J connectivity index is 2.53. The van der Waals surface area contributed by atoms with Gasteiger partial charge >= 0.3 is 0 Å². The van der Waals surface area contributed by atoms with Crippen LogP contribution in [-0.4, -0.2) is 8.76 Å². The van der Waals surface area contributed by atoms with Crippen LogP contribution in [0.5, 0.6) is 0 Å². The standard InChI is InChI=1S/C8H11NO2S/c1-7-2-4-8(5-3-7)6-9-12(10)11/h2-5,9H,6H2,1H3,(H,10,11)/p-1. The molecular formula is C8H10NO2S-. The molecule has 0 aromatic heterocycles. The van der Waals surface area contributed by atoms with Crippen LogP contribution in [-0.2, 0) is 17.8 Å². The second-order valence-electron chi connectivity index (χ2n) is 2.54. The number of hydrogen-bond acceptors (Lipinski definition) is 2. The van der Waals surface area contributed by atoms with Crippen LogP contribution < -0.4 is 4.72 Å². The highest BCUT2D eigenvalue weighted by Crippen LogP contribution is 2.02. The molecule has 1 aromatic carbocycles. The van der Waals surface area contributed by atoms with Crippen LogP contribution in [0.3, 0.4) is 0 Å². The molecule has 0 radical (unpaired) electrons. The fraction of sp³-hybridized carbons (Fsp3) is 0.250. The van der Waals surface area contributed by atoms with Crippen LogP contribution in [0, 0.1) is 6.92 Å². The van der Waals surface area contributed by atoms with Gasteiger partial charge in [-0.15, -0.1) is 0 Å². The number of rotatable bonds is 3. The highest BCUT2D eigenvalue weighted by molar-refractivity contribution is 7.77. The van der Waals surface area contributed by atoms with Crippen molar-refractivity contribution in [1.82, 2.24) is 4.72 Å². The molecule has 0 bridgehead atoms. The molecule has 66 valence electrons. The molecular weight excluding hydrogens is 174 g/mol. The Labute approximate surface area is 74.2 Å². The minimum absolute atomic E-state index is 0.358. The van der Waals surface area contributed by atoms with E-state index in [1.165, 1.54) is 5.56 Å². The van der Waals surface area contributed by atoms with Crippen molar-refractivity contribution < 1.29 is 8.76 Å². The van der Waals surface area contributed by atoms with Gasteiger partial charge in [0.05, 0.1) is 0 Å². The highest BCUT2D eigenvalue weighted by atomic mass is 32.2. The number of nitrogens with one attached hydrogen (secondary N) is 1. The number of hydrogen-bond donors (Lipinski definition) is 1. The van der Waals surface area contributed by atoms with E-state index >= 15 is 0 Å². The second-order valence-corrected chi connectivity index (χ2v) is 3.30. The van der Waals surface area contributed by atoms with Crippen LogP contribution in [0.25, 0.3) is 0 Å². The Bertz CT molecular complexity index is 271. The average molecular weight is 184 g/mol. The van der Waals surface area contributed by atoms with Crippen molar-refractivity contribution in [3.8, 4) is 0 Å². The first-order valence-electron chi connectivity index (χ1n) is 3.57. The SMILES string of the molecule is Cc1ccc(CNS(=O)[O-])cc1. The molecule has 12 heavy (non-hydrogen) atoms. The van der Waals surface area contributed by atoms with Crippen molar-refractivity contribution >= 4 is 11.3 Å². The first-order chi connectivity index (χ1) is 5.68. The van der Waals surface area contributed by atoms with Gasteiger partial charge in [-0.1, -0.05) is 29.8 Å². The predicted octanol–water partition coefficient (Wildman–Crippen LogP) is 0.879. The molecule has 1 unspecified atom stereocenters. The van der Waals surface area contributed by atoms with E-state index < -0.39 is 11.3 Å². The van der Waals surface area contributed by atoms with Crippen molar-refractivity contribution in [3.05, 3.63) is 35.4 Å². The van der Waals surface area contributed by atoms with E-state index in [1.807, 2.05) is 31.2 Å². The molecule has 0 amide bonds. The van der Waals surface area contributed by atoms with Crippen molar-refractivity contribution in [1.29, 1.82) is 0 Å². The van der Waals surface area contributed by atoms with Crippen LogP contribution in [0.4, 0.5) is 0 Å². The van der Waals surface area contributed by atoms with Gasteiger partial charge in [-0.2, -0.15) is 0 Å². The summed E-state index contributed by atoms with van der Waals surface area (Å²) in [6, 6.07) is 7.69. The fourth-order valence-corrected chi connectivity index (χ4v) is 1.13. The minimum Gasteiger partial charge on any atom is -0.760 e. The van der Waals surface area contributed by atoms with Gasteiger partial charge in [0, 0.05) is 17.8 Å². The molecule has 0 spiro atoms. The van der Waals surface area contributed by atoms with Crippen molar-refractivity contribution in [2.45, 2.75) is 13.5 Å². The maximum Gasteiger partial charge on any atom is 0.0322 e. The lowest BCUT2D eigenvalue weighted by atomic mass is 10.2. The summed E-state index contributed by atoms with van der Waals surface area (Å²) in [7, 11) is 0. The molecule has 1 aromatic rings. The van der Waals surface area contributed by atoms with E-state index in [2.05, 4.69) is 4.72 Å². The molecule has 0 aliphatic heterocycles. The highest BCUT2D eigenvalue weighted by Gasteiger charge is 1.90. The lowest BCUT2D eigenvalue weighted by Crippen LogP contribution is -2.15. The molecule has 4 heteroatoms. The summed E-state index contributed by atoms with van der Waals surface area (Å²) in [4.78, 5) is 0. The minimum atomic E-state index is -2.17. The summed E-state index contributed by atoms with van der Waals surface area (Å²) >= 11 is -2.17. The lowest BCUT2D eigenvalue weighted by molar-refractivity contribution is 0.522. The van der Waals surface area contributed by atoms with E-state index in [-0.39, 0.29) is 0 Å². The average Bonchev–Trinajstić information content (AvgIpc) is 2.03. The zero-order chi connectivity index (χ0) is 8.97. The summed E-state index contributed by atoms with van der Waals surface area (Å²) < 4.78 is 22.6. The zero-order valence-electron chi connectivity index (χ0n) is 6.74. The summed E-state index contributed by atoms with van der Waals surface area (Å²) in [6.07, 6.45) is 0. The van der Waals surface area contributed by atoms with Crippen LogP contribution >= 0.6 is 0 Å². The van der Waals surface area contributed by atoms with E-state index in [1.54, 1.807) is 0 Å². The largest absolute Gasteiger partial charge is 0.760 e. The van der Waals surface area contributed by atoms with Gasteiger partial charge in [0.25, 0.3) is 0 Å². The number of aryl methyl sites for hydroxylation is 1. The van der Waals surface area contributed by atoms with Crippen molar-refractivity contribution in [2.24, 2.45) is 0 Å². The fourth-order valence-electron chi connectivity index (χ4n) is 0.848. The lowest BCUT2D eigenvalue weighted by Gasteiger charge is -2.06. The van der Waals surface area contributed by atoms with Gasteiger partial charge in [0.1, 0.15) is 0 Å². The molecule has 0 saturated heterocycles. The Morgan fingerprint density at radius 3 is 2.50 bits per heavy atom. The molecule has 0 aliphatic rings. The Morgan fingerprint density at radius 2 is 2.00 bits per heavy atom. The van der Waals surface area contributed by atoms with E-state index in [0.29, 0.717) is 6.54 Å². The van der Waals surface area contributed by atoms with Gasteiger partial charge in [0.2, 0.25) is 0 Å². The molecule has 1 atom stereocenters. The van der Waals surface area contributed by atoms with Crippen LogP contribution in [0.1, 0.15) is 11.1 Å². The van der Waals surface area contributed by atoms with E-state index in [9.17, 15) is 8.76 Å². The van der Waals surface area contributed by atoms with Gasteiger partial charge in [-0.05, 0) is 12.5 Å². The van der Waals surface area contributed by atoms with Crippen LogP contribution in [0.15, 0.2) is 24.3 Å². The monoisotopic (exact) mass is 184 g/mol. The molecule has 0 aliphatic carbocycles. The third kappa shape index (κ3) is 3.13. The summed E-state index contributed by atoms with van der Waals surface area (Å²) in [5.74, 6) is 0. The topological polar surface area (TPSA) is 52.2 Å². The predicted molar refractivity (Wildman–Crippen MR) is 46.9 cm³/mol. The zero-order valence-corrected chi connectivity index (χ0v) is 7.56. The Morgan fingerprint density at radius 1 is 1.42 bits per heavy atom. The van der Waals surface area contributed by atoms with Gasteiger partial charge in [0.15, 0.2) is 0 Å². The summed E-state index contributed by atoms with van der Waals surface area (Å²) in [5.41, 5.74) is 2.13. The van der Waals surface area contributed by atoms with E-state index in [4.69, 9.17) is 0 Å². The Hall–Kier alpha value is -0.710. The first-order valence-corrected chi connectivity index (χ1v) is 4.64. The second kappa shape index (κ2) is 4.35. The molecule has 1 rings (SSSR count). The summed E-state index contributed by atoms with van der Waals surface area (Å²) in [5, 5.41) is 0. The molecule has 0 heterocycles. The Kier molecular flexibility index (Phi) is 3.40. The van der Waals surface area contributed by atoms with Gasteiger partial charge in [-0.3, -0.25) is 4.21 Å². The van der Waals surface area contributed by atoms with Gasteiger partial charge in [-0.25, -0.2) is 4.72 Å². The van der Waals surface area contributed by atoms with Crippen molar-refractivity contribution in [2.75, 3.05) is 0 Å². The molecule has 3 nitrogen and oxygen atoms in total. The maximum atomic E-state index is 10.1. The third-order valence-electron chi connectivity index (χ3n) is 1.51. The molecule has 0 saturated carbocycles. The first kappa shape index (κ1) is 9.38. The smallest absolute Gasteiger partial charge is 0.0322 e. The normalized spacial score (nSPS) is 12.8. The maximum absolute atomic E-state index is 10.1. The third-order valence-corrected chi connectivity index (χ3v) is 1.89. The van der Waals surface area contributed by atoms with E-state index in [0.717, 1.165) is 5.56 Å². The van der Waals surface area contributed by atoms with Gasteiger partial charge < -0.3 is 4.55 Å². The summed E-state index contributed by atoms with van der Waals surface area (Å²) in [6.45, 7) is 2.35. The number of benzene rings is 1. The van der Waals surface area contributed by atoms with Crippen molar-refractivity contribution in [3.63, 3.8) is 0 Å². The molecule has 0 fully saturated rings. The quantitative estimate of drug-likeness (QED) is 0.709. The molecule has 1 N–H and O–H groups in total. The van der Waals surface area contributed by atoms with Crippen LogP contribution in [0.2, 0.25) is 0 Å².